The predicted octanol–water partition coefficient (Wildman–Crippen LogP) is 1.83. The minimum Gasteiger partial charge on any atom is -0.330 e. The van der Waals surface area contributed by atoms with E-state index in [9.17, 15) is 8.42 Å². The predicted molar refractivity (Wildman–Crippen MR) is 74.1 cm³/mol. The Morgan fingerprint density at radius 2 is 1.78 bits per heavy atom. The lowest BCUT2D eigenvalue weighted by molar-refractivity contribution is 0.453. The van der Waals surface area contributed by atoms with Crippen LogP contribution in [-0.2, 0) is 15.4 Å². The summed E-state index contributed by atoms with van der Waals surface area (Å²) in [4.78, 5) is 0. The molecule has 18 heavy (non-hydrogen) atoms. The first-order chi connectivity index (χ1) is 8.45. The second-order valence-electron chi connectivity index (χ2n) is 5.14. The van der Waals surface area contributed by atoms with Crippen LogP contribution in [0.5, 0.6) is 0 Å². The molecule has 4 nitrogen and oxygen atoms in total. The van der Waals surface area contributed by atoms with Crippen molar-refractivity contribution in [2.45, 2.75) is 31.1 Å². The molecule has 0 unspecified atom stereocenters. The topological polar surface area (TPSA) is 72.2 Å². The molecule has 0 saturated heterocycles. The maximum atomic E-state index is 11.1. The zero-order valence-electron chi connectivity index (χ0n) is 10.6. The van der Waals surface area contributed by atoms with E-state index in [1.54, 1.807) is 0 Å². The first-order valence-corrected chi connectivity index (χ1v) is 8.13. The summed E-state index contributed by atoms with van der Waals surface area (Å²) in [6.45, 7) is 0.659. The number of hydrogen-bond donors (Lipinski definition) is 2. The van der Waals surface area contributed by atoms with Crippen molar-refractivity contribution in [3.63, 3.8) is 0 Å². The monoisotopic (exact) mass is 268 g/mol. The summed E-state index contributed by atoms with van der Waals surface area (Å²) in [5.41, 5.74) is 7.86. The summed E-state index contributed by atoms with van der Waals surface area (Å²) < 4.78 is 24.7. The lowest BCUT2D eigenvalue weighted by Gasteiger charge is -2.28. The van der Waals surface area contributed by atoms with Crippen molar-refractivity contribution < 1.29 is 8.42 Å². The van der Waals surface area contributed by atoms with Crippen LogP contribution >= 0.6 is 0 Å². The fourth-order valence-electron chi connectivity index (χ4n) is 2.77. The zero-order chi connectivity index (χ0) is 13.2. The summed E-state index contributed by atoms with van der Waals surface area (Å²) in [6, 6.07) is 7.61. The molecule has 0 aliphatic heterocycles. The van der Waals surface area contributed by atoms with Gasteiger partial charge in [-0.05, 0) is 30.5 Å². The van der Waals surface area contributed by atoms with E-state index in [4.69, 9.17) is 5.73 Å². The van der Waals surface area contributed by atoms with E-state index < -0.39 is 10.0 Å². The molecule has 0 aromatic heterocycles. The van der Waals surface area contributed by atoms with E-state index in [0.29, 0.717) is 12.2 Å². The van der Waals surface area contributed by atoms with E-state index in [1.807, 2.05) is 24.3 Å². The normalized spacial score (nSPS) is 18.8. The Hall–Kier alpha value is -1.07. The maximum Gasteiger partial charge on any atom is 0.229 e. The molecule has 0 atom stereocenters. The van der Waals surface area contributed by atoms with Gasteiger partial charge in [0.05, 0.1) is 6.26 Å². The third-order valence-corrected chi connectivity index (χ3v) is 4.36. The molecule has 1 aliphatic carbocycles. The van der Waals surface area contributed by atoms with Crippen molar-refractivity contribution in [2.24, 2.45) is 5.73 Å². The van der Waals surface area contributed by atoms with E-state index in [2.05, 4.69) is 4.72 Å². The lowest BCUT2D eigenvalue weighted by Crippen LogP contribution is -2.31. The van der Waals surface area contributed by atoms with Gasteiger partial charge < -0.3 is 5.73 Å². The molecule has 1 fully saturated rings. The Morgan fingerprint density at radius 1 is 1.22 bits per heavy atom. The van der Waals surface area contributed by atoms with Gasteiger partial charge in [-0.2, -0.15) is 0 Å². The molecule has 0 heterocycles. The molecule has 0 bridgehead atoms. The molecule has 1 aliphatic rings. The van der Waals surface area contributed by atoms with Crippen molar-refractivity contribution >= 4 is 15.7 Å². The second-order valence-corrected chi connectivity index (χ2v) is 6.89. The van der Waals surface area contributed by atoms with Crippen molar-refractivity contribution in [3.05, 3.63) is 29.8 Å². The largest absolute Gasteiger partial charge is 0.330 e. The molecule has 100 valence electrons. The fourth-order valence-corrected chi connectivity index (χ4v) is 3.33. The van der Waals surface area contributed by atoms with Gasteiger partial charge in [0.2, 0.25) is 10.0 Å². The summed E-state index contributed by atoms with van der Waals surface area (Å²) in [5, 5.41) is 0. The van der Waals surface area contributed by atoms with Crippen LogP contribution in [0, 0.1) is 0 Å². The standard InChI is InChI=1S/C13H20N2O2S/c1-18(16,17)15-12-6-4-11(5-7-12)13(10-14)8-2-3-9-13/h4-7,15H,2-3,8-10,14H2,1H3. The molecule has 0 radical (unpaired) electrons. The number of rotatable bonds is 4. The van der Waals surface area contributed by atoms with Crippen LogP contribution in [0.3, 0.4) is 0 Å². The zero-order valence-corrected chi connectivity index (χ0v) is 11.5. The molecule has 5 heteroatoms. The van der Waals surface area contributed by atoms with Crippen molar-refractivity contribution in [3.8, 4) is 0 Å². The van der Waals surface area contributed by atoms with Crippen LogP contribution in [0.1, 0.15) is 31.2 Å². The van der Waals surface area contributed by atoms with Gasteiger partial charge in [-0.3, -0.25) is 4.72 Å². The van der Waals surface area contributed by atoms with Gasteiger partial charge in [0.25, 0.3) is 0 Å². The van der Waals surface area contributed by atoms with Gasteiger partial charge in [0, 0.05) is 17.6 Å². The van der Waals surface area contributed by atoms with Gasteiger partial charge in [-0.15, -0.1) is 0 Å². The molecule has 3 N–H and O–H groups in total. The van der Waals surface area contributed by atoms with E-state index in [1.165, 1.54) is 18.4 Å². The van der Waals surface area contributed by atoms with Crippen molar-refractivity contribution in [1.82, 2.24) is 0 Å². The van der Waals surface area contributed by atoms with Crippen molar-refractivity contribution in [1.29, 1.82) is 0 Å². The lowest BCUT2D eigenvalue weighted by atomic mass is 9.79. The second kappa shape index (κ2) is 4.90. The molecule has 0 amide bonds. The third-order valence-electron chi connectivity index (χ3n) is 3.75. The number of nitrogens with one attached hydrogen (secondary N) is 1. The Bertz CT molecular complexity index is 502. The molecular weight excluding hydrogens is 248 g/mol. The highest BCUT2D eigenvalue weighted by atomic mass is 32.2. The molecule has 1 aromatic carbocycles. The molecule has 1 aromatic rings. The average Bonchev–Trinajstić information content (AvgIpc) is 2.77. The highest BCUT2D eigenvalue weighted by molar-refractivity contribution is 7.92. The fraction of sp³-hybridized carbons (Fsp3) is 0.538. The quantitative estimate of drug-likeness (QED) is 0.875. The van der Waals surface area contributed by atoms with Crippen LogP contribution in [0.25, 0.3) is 0 Å². The summed E-state index contributed by atoms with van der Waals surface area (Å²) in [6.07, 6.45) is 5.85. The Kier molecular flexibility index (Phi) is 3.64. The molecule has 2 rings (SSSR count). The SMILES string of the molecule is CS(=O)(=O)Nc1ccc(C2(CN)CCCC2)cc1. The Balaban J connectivity index is 2.21. The first kappa shape index (κ1) is 13.4. The number of anilines is 1. The number of sulfonamides is 1. The van der Waals surface area contributed by atoms with Crippen LogP contribution in [0.4, 0.5) is 5.69 Å². The highest BCUT2D eigenvalue weighted by Crippen LogP contribution is 2.40. The van der Waals surface area contributed by atoms with E-state index in [0.717, 1.165) is 19.1 Å². The third kappa shape index (κ3) is 2.84. The van der Waals surface area contributed by atoms with Gasteiger partial charge in [0.15, 0.2) is 0 Å². The Morgan fingerprint density at radius 3 is 2.22 bits per heavy atom. The van der Waals surface area contributed by atoms with Crippen LogP contribution < -0.4 is 10.5 Å². The number of nitrogens with two attached hydrogens (primary N) is 1. The van der Waals surface area contributed by atoms with Gasteiger partial charge >= 0.3 is 0 Å². The minimum atomic E-state index is -3.20. The Labute approximate surface area is 109 Å². The first-order valence-electron chi connectivity index (χ1n) is 6.24. The van der Waals surface area contributed by atoms with Gasteiger partial charge in [-0.25, -0.2) is 8.42 Å². The maximum absolute atomic E-state index is 11.1. The number of hydrogen-bond acceptors (Lipinski definition) is 3. The molecular formula is C13H20N2O2S. The van der Waals surface area contributed by atoms with Crippen LogP contribution in [-0.4, -0.2) is 21.2 Å². The average molecular weight is 268 g/mol. The van der Waals surface area contributed by atoms with Gasteiger partial charge in [-0.1, -0.05) is 25.0 Å². The summed E-state index contributed by atoms with van der Waals surface area (Å²) in [7, 11) is -3.20. The minimum absolute atomic E-state index is 0.101. The summed E-state index contributed by atoms with van der Waals surface area (Å²) >= 11 is 0. The smallest absolute Gasteiger partial charge is 0.229 e. The molecule has 1 saturated carbocycles. The summed E-state index contributed by atoms with van der Waals surface area (Å²) in [5.74, 6) is 0. The highest BCUT2D eigenvalue weighted by Gasteiger charge is 2.33. The molecule has 0 spiro atoms. The van der Waals surface area contributed by atoms with E-state index in [-0.39, 0.29) is 5.41 Å². The van der Waals surface area contributed by atoms with Gasteiger partial charge in [0.1, 0.15) is 0 Å². The van der Waals surface area contributed by atoms with E-state index >= 15 is 0 Å². The number of benzene rings is 1. The van der Waals surface area contributed by atoms with Crippen molar-refractivity contribution in [2.75, 3.05) is 17.5 Å². The van der Waals surface area contributed by atoms with Crippen LogP contribution in [0.15, 0.2) is 24.3 Å². The van der Waals surface area contributed by atoms with Crippen LogP contribution in [0.2, 0.25) is 0 Å².